The zero-order chi connectivity index (χ0) is 10.7. The van der Waals surface area contributed by atoms with Gasteiger partial charge in [-0.15, -0.1) is 0 Å². The highest BCUT2D eigenvalue weighted by Crippen LogP contribution is 2.11. The van der Waals surface area contributed by atoms with Gasteiger partial charge in [0.05, 0.1) is 6.54 Å². The minimum Gasteiger partial charge on any atom is -0.465 e. The molecule has 15 heavy (non-hydrogen) atoms. The quantitative estimate of drug-likeness (QED) is 0.803. The molecule has 0 aromatic carbocycles. The first-order valence-corrected chi connectivity index (χ1v) is 5.75. The highest BCUT2D eigenvalue weighted by molar-refractivity contribution is 5.05. The maximum Gasteiger partial charge on any atom is 0.118 e. The fourth-order valence-corrected chi connectivity index (χ4v) is 2.01. The molecule has 1 aromatic rings. The molecule has 0 radical (unpaired) electrons. The molecule has 1 aromatic heterocycles. The maximum atomic E-state index is 5.59. The standard InChI is InChI=1S/C12H20N2O/c1-10-5-7-14(8-6-13-10)9-12-4-3-11(2)15-12/h3-4,10,13H,5-9H2,1-2H3. The van der Waals surface area contributed by atoms with Gasteiger partial charge < -0.3 is 9.73 Å². The predicted molar refractivity (Wildman–Crippen MR) is 60.8 cm³/mol. The molecule has 1 saturated heterocycles. The van der Waals surface area contributed by atoms with Gasteiger partial charge in [-0.25, -0.2) is 0 Å². The fraction of sp³-hybridized carbons (Fsp3) is 0.667. The van der Waals surface area contributed by atoms with Gasteiger partial charge in [0.1, 0.15) is 11.5 Å². The Labute approximate surface area is 91.4 Å². The molecule has 1 unspecified atom stereocenters. The van der Waals surface area contributed by atoms with Crippen molar-refractivity contribution in [3.05, 3.63) is 23.7 Å². The molecular weight excluding hydrogens is 188 g/mol. The van der Waals surface area contributed by atoms with Crippen LogP contribution < -0.4 is 5.32 Å². The number of rotatable bonds is 2. The van der Waals surface area contributed by atoms with Gasteiger partial charge in [0, 0.05) is 25.7 Å². The molecule has 0 amide bonds. The van der Waals surface area contributed by atoms with E-state index in [4.69, 9.17) is 4.42 Å². The fourth-order valence-electron chi connectivity index (χ4n) is 2.01. The summed E-state index contributed by atoms with van der Waals surface area (Å²) < 4.78 is 5.59. The monoisotopic (exact) mass is 208 g/mol. The largest absolute Gasteiger partial charge is 0.465 e. The van der Waals surface area contributed by atoms with Crippen molar-refractivity contribution < 1.29 is 4.42 Å². The number of hydrogen-bond acceptors (Lipinski definition) is 3. The summed E-state index contributed by atoms with van der Waals surface area (Å²) in [4.78, 5) is 2.45. The average Bonchev–Trinajstić information content (AvgIpc) is 2.48. The van der Waals surface area contributed by atoms with E-state index in [9.17, 15) is 0 Å². The SMILES string of the molecule is Cc1ccc(CN2CCNC(C)CC2)o1. The lowest BCUT2D eigenvalue weighted by atomic mass is 10.2. The number of nitrogens with zero attached hydrogens (tertiary/aromatic N) is 1. The lowest BCUT2D eigenvalue weighted by Crippen LogP contribution is -2.28. The Bertz CT molecular complexity index is 308. The molecule has 84 valence electrons. The lowest BCUT2D eigenvalue weighted by molar-refractivity contribution is 0.256. The Kier molecular flexibility index (Phi) is 3.44. The Hall–Kier alpha value is -0.800. The average molecular weight is 208 g/mol. The van der Waals surface area contributed by atoms with Crippen LogP contribution in [0.4, 0.5) is 0 Å². The Balaban J connectivity index is 1.88. The van der Waals surface area contributed by atoms with Crippen LogP contribution >= 0.6 is 0 Å². The third-order valence-corrected chi connectivity index (χ3v) is 2.97. The van der Waals surface area contributed by atoms with Crippen LogP contribution in [0, 0.1) is 6.92 Å². The molecule has 0 bridgehead atoms. The molecule has 0 spiro atoms. The van der Waals surface area contributed by atoms with E-state index in [0.29, 0.717) is 6.04 Å². The van der Waals surface area contributed by atoms with Gasteiger partial charge in [-0.2, -0.15) is 0 Å². The van der Waals surface area contributed by atoms with E-state index in [1.54, 1.807) is 0 Å². The molecule has 1 atom stereocenters. The van der Waals surface area contributed by atoms with Crippen LogP contribution in [-0.4, -0.2) is 30.6 Å². The number of furan rings is 1. The zero-order valence-corrected chi connectivity index (χ0v) is 9.62. The van der Waals surface area contributed by atoms with Crippen molar-refractivity contribution in [1.82, 2.24) is 10.2 Å². The smallest absolute Gasteiger partial charge is 0.118 e. The summed E-state index contributed by atoms with van der Waals surface area (Å²) >= 11 is 0. The van der Waals surface area contributed by atoms with Crippen molar-refractivity contribution >= 4 is 0 Å². The van der Waals surface area contributed by atoms with E-state index in [2.05, 4.69) is 23.2 Å². The molecule has 3 nitrogen and oxygen atoms in total. The van der Waals surface area contributed by atoms with Gasteiger partial charge in [0.25, 0.3) is 0 Å². The van der Waals surface area contributed by atoms with Crippen LogP contribution in [0.1, 0.15) is 24.9 Å². The molecule has 0 saturated carbocycles. The van der Waals surface area contributed by atoms with Crippen molar-refractivity contribution in [2.45, 2.75) is 32.9 Å². The van der Waals surface area contributed by atoms with Gasteiger partial charge in [-0.05, 0) is 32.4 Å². The van der Waals surface area contributed by atoms with Crippen LogP contribution in [0.2, 0.25) is 0 Å². The van der Waals surface area contributed by atoms with Gasteiger partial charge >= 0.3 is 0 Å². The minimum absolute atomic E-state index is 0.647. The van der Waals surface area contributed by atoms with E-state index in [1.807, 2.05) is 13.0 Å². The maximum absolute atomic E-state index is 5.59. The predicted octanol–water partition coefficient (Wildman–Crippen LogP) is 1.77. The summed E-state index contributed by atoms with van der Waals surface area (Å²) in [5.41, 5.74) is 0. The summed E-state index contributed by atoms with van der Waals surface area (Å²) in [6.07, 6.45) is 1.22. The van der Waals surface area contributed by atoms with Crippen LogP contribution in [-0.2, 0) is 6.54 Å². The summed E-state index contributed by atoms with van der Waals surface area (Å²) in [5, 5.41) is 3.49. The number of hydrogen-bond donors (Lipinski definition) is 1. The molecular formula is C12H20N2O. The summed E-state index contributed by atoms with van der Waals surface area (Å²) in [5.74, 6) is 2.09. The first kappa shape index (κ1) is 10.7. The third-order valence-electron chi connectivity index (χ3n) is 2.97. The number of nitrogens with one attached hydrogen (secondary N) is 1. The van der Waals surface area contributed by atoms with Crippen LogP contribution in [0.5, 0.6) is 0 Å². The van der Waals surface area contributed by atoms with Crippen molar-refractivity contribution in [3.8, 4) is 0 Å². The topological polar surface area (TPSA) is 28.4 Å². The molecule has 3 heteroatoms. The molecule has 1 fully saturated rings. The highest BCUT2D eigenvalue weighted by atomic mass is 16.3. The van der Waals surface area contributed by atoms with Crippen molar-refractivity contribution in [2.75, 3.05) is 19.6 Å². The van der Waals surface area contributed by atoms with Gasteiger partial charge in [0.15, 0.2) is 0 Å². The van der Waals surface area contributed by atoms with E-state index in [-0.39, 0.29) is 0 Å². The second-order valence-electron chi connectivity index (χ2n) is 4.43. The first-order valence-electron chi connectivity index (χ1n) is 5.75. The second-order valence-corrected chi connectivity index (χ2v) is 4.43. The van der Waals surface area contributed by atoms with E-state index in [1.165, 1.54) is 6.42 Å². The second kappa shape index (κ2) is 4.81. The van der Waals surface area contributed by atoms with Gasteiger partial charge in [-0.3, -0.25) is 4.90 Å². The van der Waals surface area contributed by atoms with Gasteiger partial charge in [0.2, 0.25) is 0 Å². The number of aryl methyl sites for hydroxylation is 1. The molecule has 1 aliphatic heterocycles. The molecule has 2 heterocycles. The molecule has 1 aliphatic rings. The minimum atomic E-state index is 0.647. The zero-order valence-electron chi connectivity index (χ0n) is 9.62. The van der Waals surface area contributed by atoms with Crippen LogP contribution in [0.15, 0.2) is 16.5 Å². The van der Waals surface area contributed by atoms with Crippen LogP contribution in [0.3, 0.4) is 0 Å². The van der Waals surface area contributed by atoms with Crippen molar-refractivity contribution in [2.24, 2.45) is 0 Å². The Morgan fingerprint density at radius 2 is 2.33 bits per heavy atom. The highest BCUT2D eigenvalue weighted by Gasteiger charge is 2.14. The molecule has 0 aliphatic carbocycles. The molecule has 2 rings (SSSR count). The third kappa shape index (κ3) is 3.08. The van der Waals surface area contributed by atoms with Crippen LogP contribution in [0.25, 0.3) is 0 Å². The molecule has 1 N–H and O–H groups in total. The first-order chi connectivity index (χ1) is 7.24. The van der Waals surface area contributed by atoms with Crippen molar-refractivity contribution in [1.29, 1.82) is 0 Å². The summed E-state index contributed by atoms with van der Waals surface area (Å²) in [6, 6.07) is 4.76. The van der Waals surface area contributed by atoms with Gasteiger partial charge in [-0.1, -0.05) is 0 Å². The summed E-state index contributed by atoms with van der Waals surface area (Å²) in [6.45, 7) is 8.55. The van der Waals surface area contributed by atoms with Crippen molar-refractivity contribution in [3.63, 3.8) is 0 Å². The summed E-state index contributed by atoms with van der Waals surface area (Å²) in [7, 11) is 0. The Morgan fingerprint density at radius 3 is 3.07 bits per heavy atom. The lowest BCUT2D eigenvalue weighted by Gasteiger charge is -2.17. The normalized spacial score (nSPS) is 24.0. The Morgan fingerprint density at radius 1 is 1.47 bits per heavy atom. The van der Waals surface area contributed by atoms with E-state index in [0.717, 1.165) is 37.7 Å². The van der Waals surface area contributed by atoms with E-state index >= 15 is 0 Å². The van der Waals surface area contributed by atoms with E-state index < -0.39 is 0 Å².